The molecule has 0 radical (unpaired) electrons. The van der Waals surface area contributed by atoms with E-state index in [-0.39, 0.29) is 17.7 Å². The molecule has 1 amide bonds. The summed E-state index contributed by atoms with van der Waals surface area (Å²) in [6.07, 6.45) is 2.08. The molecule has 1 fully saturated rings. The lowest BCUT2D eigenvalue weighted by Crippen LogP contribution is -2.45. The number of carbonyl (C=O) groups is 1. The summed E-state index contributed by atoms with van der Waals surface area (Å²) < 4.78 is 0.751. The number of hydrogen-bond donors (Lipinski definition) is 2. The largest absolute Gasteiger partial charge is 0.507 e. The van der Waals surface area contributed by atoms with Gasteiger partial charge < -0.3 is 15.7 Å². The Kier molecular flexibility index (Phi) is 4.67. The van der Waals surface area contributed by atoms with Gasteiger partial charge in [0.25, 0.3) is 5.91 Å². The molecule has 1 heterocycles. The topological polar surface area (TPSA) is 66.6 Å². The number of phenolic OH excluding ortho intramolecular Hbond substituents is 1. The monoisotopic (exact) mass is 374 g/mol. The molecule has 2 unspecified atom stereocenters. The van der Waals surface area contributed by atoms with E-state index in [2.05, 4.69) is 0 Å². The van der Waals surface area contributed by atoms with Gasteiger partial charge in [-0.15, -0.1) is 0 Å². The Morgan fingerprint density at radius 3 is 2.95 bits per heavy atom. The van der Waals surface area contributed by atoms with E-state index in [1.807, 2.05) is 34.4 Å². The molecule has 0 aromatic heterocycles. The van der Waals surface area contributed by atoms with Crippen LogP contribution in [0.15, 0.2) is 18.2 Å². The molecule has 1 aliphatic rings. The minimum atomic E-state index is -0.0166. The standard InChI is InChI=1S/C14H19IN2O2/c1-9(16)11-3-2-6-17(8-11)14(19)10-4-5-12(15)13(18)7-10/h4-5,7,9,11,18H,2-3,6,8,16H2,1H3. The number of nitrogens with zero attached hydrogens (tertiary/aromatic N) is 1. The Balaban J connectivity index is 2.12. The molecule has 0 spiro atoms. The lowest BCUT2D eigenvalue weighted by atomic mass is 9.92. The van der Waals surface area contributed by atoms with E-state index in [1.54, 1.807) is 18.2 Å². The second-order valence-corrected chi connectivity index (χ2v) is 6.34. The zero-order valence-corrected chi connectivity index (χ0v) is 13.1. The molecular weight excluding hydrogens is 355 g/mol. The Morgan fingerprint density at radius 2 is 2.32 bits per heavy atom. The molecule has 1 aromatic carbocycles. The highest BCUT2D eigenvalue weighted by molar-refractivity contribution is 14.1. The Bertz CT molecular complexity index is 477. The average molecular weight is 374 g/mol. The first-order valence-electron chi connectivity index (χ1n) is 6.52. The van der Waals surface area contributed by atoms with E-state index in [0.717, 1.165) is 23.0 Å². The maximum absolute atomic E-state index is 12.4. The number of phenols is 1. The Hall–Kier alpha value is -0.820. The van der Waals surface area contributed by atoms with E-state index in [4.69, 9.17) is 5.73 Å². The van der Waals surface area contributed by atoms with E-state index >= 15 is 0 Å². The Labute approximate surface area is 127 Å². The summed E-state index contributed by atoms with van der Waals surface area (Å²) in [5.74, 6) is 0.513. The molecule has 0 saturated carbocycles. The number of aromatic hydroxyl groups is 1. The van der Waals surface area contributed by atoms with Crippen molar-refractivity contribution in [2.75, 3.05) is 13.1 Å². The van der Waals surface area contributed by atoms with Crippen LogP contribution in [-0.4, -0.2) is 35.0 Å². The van der Waals surface area contributed by atoms with Crippen molar-refractivity contribution >= 4 is 28.5 Å². The first-order chi connectivity index (χ1) is 8.99. The van der Waals surface area contributed by atoms with Crippen molar-refractivity contribution in [1.29, 1.82) is 0 Å². The first kappa shape index (κ1) is 14.6. The zero-order valence-electron chi connectivity index (χ0n) is 11.0. The number of halogens is 1. The molecular formula is C14H19IN2O2. The van der Waals surface area contributed by atoms with Crippen molar-refractivity contribution in [2.24, 2.45) is 11.7 Å². The minimum Gasteiger partial charge on any atom is -0.507 e. The van der Waals surface area contributed by atoms with E-state index < -0.39 is 0 Å². The van der Waals surface area contributed by atoms with Crippen LogP contribution in [-0.2, 0) is 0 Å². The van der Waals surface area contributed by atoms with Gasteiger partial charge in [-0.3, -0.25) is 4.79 Å². The van der Waals surface area contributed by atoms with Crippen LogP contribution in [0.25, 0.3) is 0 Å². The van der Waals surface area contributed by atoms with Crippen molar-refractivity contribution < 1.29 is 9.90 Å². The molecule has 1 aliphatic heterocycles. The molecule has 4 nitrogen and oxygen atoms in total. The maximum atomic E-state index is 12.4. The van der Waals surface area contributed by atoms with Crippen molar-refractivity contribution in [3.63, 3.8) is 0 Å². The van der Waals surface area contributed by atoms with Gasteiger partial charge in [0.15, 0.2) is 0 Å². The summed E-state index contributed by atoms with van der Waals surface area (Å²) >= 11 is 2.04. The molecule has 0 bridgehead atoms. The van der Waals surface area contributed by atoms with Gasteiger partial charge in [-0.2, -0.15) is 0 Å². The molecule has 104 valence electrons. The number of piperidine rings is 1. The minimum absolute atomic E-state index is 0.0166. The van der Waals surface area contributed by atoms with Crippen LogP contribution in [0.5, 0.6) is 5.75 Å². The molecule has 0 aliphatic carbocycles. The predicted octanol–water partition coefficient (Wildman–Crippen LogP) is 2.20. The Morgan fingerprint density at radius 1 is 1.58 bits per heavy atom. The molecule has 19 heavy (non-hydrogen) atoms. The van der Waals surface area contributed by atoms with Gasteiger partial charge in [0.1, 0.15) is 5.75 Å². The maximum Gasteiger partial charge on any atom is 0.253 e. The molecule has 3 N–H and O–H groups in total. The SMILES string of the molecule is CC(N)C1CCCN(C(=O)c2ccc(I)c(O)c2)C1. The van der Waals surface area contributed by atoms with Crippen molar-refractivity contribution in [1.82, 2.24) is 4.90 Å². The number of nitrogens with two attached hydrogens (primary N) is 1. The molecule has 2 atom stereocenters. The second-order valence-electron chi connectivity index (χ2n) is 5.18. The molecule has 1 saturated heterocycles. The van der Waals surface area contributed by atoms with Crippen LogP contribution in [0.2, 0.25) is 0 Å². The number of benzene rings is 1. The lowest BCUT2D eigenvalue weighted by molar-refractivity contribution is 0.0660. The summed E-state index contributed by atoms with van der Waals surface area (Å²) in [6, 6.07) is 5.18. The van der Waals surface area contributed by atoms with Gasteiger partial charge in [0, 0.05) is 24.7 Å². The van der Waals surface area contributed by atoms with Gasteiger partial charge in [-0.1, -0.05) is 0 Å². The van der Waals surface area contributed by atoms with Crippen LogP contribution in [0, 0.1) is 9.49 Å². The second kappa shape index (κ2) is 6.09. The highest BCUT2D eigenvalue weighted by atomic mass is 127. The van der Waals surface area contributed by atoms with E-state index in [9.17, 15) is 9.90 Å². The zero-order chi connectivity index (χ0) is 14.0. The molecule has 2 rings (SSSR count). The normalized spacial score (nSPS) is 21.2. The average Bonchev–Trinajstić information content (AvgIpc) is 2.41. The first-order valence-corrected chi connectivity index (χ1v) is 7.60. The van der Waals surface area contributed by atoms with Crippen molar-refractivity contribution in [3.8, 4) is 5.75 Å². The lowest BCUT2D eigenvalue weighted by Gasteiger charge is -2.34. The fraction of sp³-hybridized carbons (Fsp3) is 0.500. The summed E-state index contributed by atoms with van der Waals surface area (Å²) in [7, 11) is 0. The number of hydrogen-bond acceptors (Lipinski definition) is 3. The summed E-state index contributed by atoms with van der Waals surface area (Å²) in [5.41, 5.74) is 6.48. The van der Waals surface area contributed by atoms with E-state index in [0.29, 0.717) is 18.0 Å². The van der Waals surface area contributed by atoms with Gasteiger partial charge in [-0.05, 0) is 66.5 Å². The quantitative estimate of drug-likeness (QED) is 0.780. The predicted molar refractivity (Wildman–Crippen MR) is 83.1 cm³/mol. The smallest absolute Gasteiger partial charge is 0.253 e. The summed E-state index contributed by atoms with van der Waals surface area (Å²) in [6.45, 7) is 3.48. The van der Waals surface area contributed by atoms with Crippen LogP contribution < -0.4 is 5.73 Å². The highest BCUT2D eigenvalue weighted by Crippen LogP contribution is 2.24. The number of carbonyl (C=O) groups excluding carboxylic acids is 1. The van der Waals surface area contributed by atoms with Crippen molar-refractivity contribution in [2.45, 2.75) is 25.8 Å². The third-order valence-electron chi connectivity index (χ3n) is 3.68. The van der Waals surface area contributed by atoms with Crippen LogP contribution in [0.3, 0.4) is 0 Å². The van der Waals surface area contributed by atoms with Crippen LogP contribution in [0.1, 0.15) is 30.1 Å². The van der Waals surface area contributed by atoms with Gasteiger partial charge in [0.05, 0.1) is 3.57 Å². The van der Waals surface area contributed by atoms with Gasteiger partial charge in [0.2, 0.25) is 0 Å². The number of rotatable bonds is 2. The molecule has 1 aromatic rings. The van der Waals surface area contributed by atoms with Crippen molar-refractivity contribution in [3.05, 3.63) is 27.3 Å². The van der Waals surface area contributed by atoms with Crippen LogP contribution >= 0.6 is 22.6 Å². The number of likely N-dealkylation sites (tertiary alicyclic amines) is 1. The third kappa shape index (κ3) is 3.39. The number of amides is 1. The van der Waals surface area contributed by atoms with Gasteiger partial charge >= 0.3 is 0 Å². The third-order valence-corrected chi connectivity index (χ3v) is 4.59. The molecule has 5 heteroatoms. The van der Waals surface area contributed by atoms with Crippen LogP contribution in [0.4, 0.5) is 0 Å². The fourth-order valence-electron chi connectivity index (χ4n) is 2.45. The van der Waals surface area contributed by atoms with E-state index in [1.165, 1.54) is 0 Å². The summed E-state index contributed by atoms with van der Waals surface area (Å²) in [5, 5.41) is 9.69. The van der Waals surface area contributed by atoms with Gasteiger partial charge in [-0.25, -0.2) is 0 Å². The summed E-state index contributed by atoms with van der Waals surface area (Å²) in [4.78, 5) is 14.2. The fourth-order valence-corrected chi connectivity index (χ4v) is 2.79. The highest BCUT2D eigenvalue weighted by Gasteiger charge is 2.26.